The fourth-order valence-corrected chi connectivity index (χ4v) is 2.28. The number of nitrogens with one attached hydrogen (secondary N) is 1. The molecule has 0 unspecified atom stereocenters. The van der Waals surface area contributed by atoms with Crippen molar-refractivity contribution < 1.29 is 14.3 Å². The minimum absolute atomic E-state index is 0.102. The standard InChI is InChI=1S/C19H23NO3/c1-3-16(23-18-12-8-7-11-17(18)22-2)19(21)20-14-13-15-9-5-4-6-10-15/h4-12,16H,3,13-14H2,1-2H3,(H,20,21)/t16-/m1/s1. The zero-order valence-electron chi connectivity index (χ0n) is 13.6. The largest absolute Gasteiger partial charge is 0.493 e. The Morgan fingerprint density at radius 3 is 2.35 bits per heavy atom. The predicted molar refractivity (Wildman–Crippen MR) is 90.9 cm³/mol. The van der Waals surface area contributed by atoms with Gasteiger partial charge in [-0.1, -0.05) is 49.4 Å². The van der Waals surface area contributed by atoms with E-state index in [-0.39, 0.29) is 5.91 Å². The first kappa shape index (κ1) is 16.9. The van der Waals surface area contributed by atoms with Crippen LogP contribution in [-0.2, 0) is 11.2 Å². The number of ether oxygens (including phenoxy) is 2. The summed E-state index contributed by atoms with van der Waals surface area (Å²) in [6.45, 7) is 2.52. The van der Waals surface area contributed by atoms with E-state index >= 15 is 0 Å². The Balaban J connectivity index is 1.88. The quantitative estimate of drug-likeness (QED) is 0.814. The lowest BCUT2D eigenvalue weighted by molar-refractivity contribution is -0.128. The van der Waals surface area contributed by atoms with Gasteiger partial charge in [-0.2, -0.15) is 0 Å². The highest BCUT2D eigenvalue weighted by molar-refractivity contribution is 5.81. The van der Waals surface area contributed by atoms with E-state index in [1.165, 1.54) is 5.56 Å². The number of amides is 1. The maximum Gasteiger partial charge on any atom is 0.261 e. The molecule has 0 bridgehead atoms. The van der Waals surface area contributed by atoms with E-state index in [9.17, 15) is 4.79 Å². The Kier molecular flexibility index (Phi) is 6.48. The van der Waals surface area contributed by atoms with Gasteiger partial charge in [-0.05, 0) is 30.5 Å². The van der Waals surface area contributed by atoms with Crippen LogP contribution in [0.4, 0.5) is 0 Å². The average Bonchev–Trinajstić information content (AvgIpc) is 2.60. The van der Waals surface area contributed by atoms with Crippen LogP contribution in [0.25, 0.3) is 0 Å². The third-order valence-corrected chi connectivity index (χ3v) is 3.56. The van der Waals surface area contributed by atoms with Crippen molar-refractivity contribution >= 4 is 5.91 Å². The van der Waals surface area contributed by atoms with Crippen LogP contribution in [-0.4, -0.2) is 25.7 Å². The lowest BCUT2D eigenvalue weighted by Gasteiger charge is -2.18. The number of carbonyl (C=O) groups excluding carboxylic acids is 1. The number of carbonyl (C=O) groups is 1. The van der Waals surface area contributed by atoms with Gasteiger partial charge in [0, 0.05) is 6.54 Å². The summed E-state index contributed by atoms with van der Waals surface area (Å²) in [6, 6.07) is 17.4. The third kappa shape index (κ3) is 5.02. The Morgan fingerprint density at radius 1 is 1.04 bits per heavy atom. The molecule has 23 heavy (non-hydrogen) atoms. The fraction of sp³-hybridized carbons (Fsp3) is 0.316. The minimum Gasteiger partial charge on any atom is -0.493 e. The SMILES string of the molecule is CC[C@@H](Oc1ccccc1OC)C(=O)NCCc1ccccc1. The molecule has 4 nitrogen and oxygen atoms in total. The second-order valence-corrected chi connectivity index (χ2v) is 5.19. The lowest BCUT2D eigenvalue weighted by Crippen LogP contribution is -2.39. The molecule has 0 saturated carbocycles. The molecule has 0 aliphatic rings. The van der Waals surface area contributed by atoms with Crippen LogP contribution in [0.1, 0.15) is 18.9 Å². The second kappa shape index (κ2) is 8.83. The molecular weight excluding hydrogens is 290 g/mol. The van der Waals surface area contributed by atoms with E-state index in [1.54, 1.807) is 13.2 Å². The van der Waals surface area contributed by atoms with Crippen molar-refractivity contribution in [3.05, 3.63) is 60.2 Å². The van der Waals surface area contributed by atoms with Gasteiger partial charge in [0.05, 0.1) is 7.11 Å². The summed E-state index contributed by atoms with van der Waals surface area (Å²) >= 11 is 0. The van der Waals surface area contributed by atoms with Gasteiger partial charge in [0.25, 0.3) is 5.91 Å². The second-order valence-electron chi connectivity index (χ2n) is 5.19. The Hall–Kier alpha value is -2.49. The molecule has 2 aromatic carbocycles. The van der Waals surface area contributed by atoms with Crippen LogP contribution < -0.4 is 14.8 Å². The van der Waals surface area contributed by atoms with Crippen molar-refractivity contribution in [2.45, 2.75) is 25.9 Å². The van der Waals surface area contributed by atoms with Gasteiger partial charge >= 0.3 is 0 Å². The highest BCUT2D eigenvalue weighted by Gasteiger charge is 2.19. The van der Waals surface area contributed by atoms with Gasteiger partial charge in [0.1, 0.15) is 0 Å². The van der Waals surface area contributed by atoms with Crippen LogP contribution in [0.2, 0.25) is 0 Å². The van der Waals surface area contributed by atoms with Crippen LogP contribution >= 0.6 is 0 Å². The van der Waals surface area contributed by atoms with Crippen molar-refractivity contribution in [2.24, 2.45) is 0 Å². The highest BCUT2D eigenvalue weighted by Crippen LogP contribution is 2.27. The molecule has 0 fully saturated rings. The fourth-order valence-electron chi connectivity index (χ4n) is 2.28. The molecule has 2 aromatic rings. The van der Waals surface area contributed by atoms with Crippen molar-refractivity contribution in [3.63, 3.8) is 0 Å². The number of para-hydroxylation sites is 2. The van der Waals surface area contributed by atoms with Gasteiger partial charge in [0.15, 0.2) is 17.6 Å². The van der Waals surface area contributed by atoms with Crippen molar-refractivity contribution in [1.82, 2.24) is 5.32 Å². The van der Waals surface area contributed by atoms with Crippen molar-refractivity contribution in [1.29, 1.82) is 0 Å². The number of benzene rings is 2. The number of rotatable bonds is 8. The summed E-state index contributed by atoms with van der Waals surface area (Å²) in [5, 5.41) is 2.94. The van der Waals surface area contributed by atoms with Gasteiger partial charge in [0.2, 0.25) is 0 Å². The maximum absolute atomic E-state index is 12.3. The number of methoxy groups -OCH3 is 1. The van der Waals surface area contributed by atoms with Crippen LogP contribution in [0.5, 0.6) is 11.5 Å². The number of hydrogen-bond acceptors (Lipinski definition) is 3. The van der Waals surface area contributed by atoms with E-state index in [0.29, 0.717) is 24.5 Å². The zero-order chi connectivity index (χ0) is 16.5. The van der Waals surface area contributed by atoms with Crippen LogP contribution in [0.15, 0.2) is 54.6 Å². The van der Waals surface area contributed by atoms with Gasteiger partial charge in [-0.3, -0.25) is 4.79 Å². The van der Waals surface area contributed by atoms with Crippen LogP contribution in [0, 0.1) is 0 Å². The molecule has 1 N–H and O–H groups in total. The summed E-state index contributed by atoms with van der Waals surface area (Å²) in [4.78, 5) is 12.3. The molecule has 0 radical (unpaired) electrons. The highest BCUT2D eigenvalue weighted by atomic mass is 16.5. The number of hydrogen-bond donors (Lipinski definition) is 1. The summed E-state index contributed by atoms with van der Waals surface area (Å²) in [7, 11) is 1.59. The van der Waals surface area contributed by atoms with E-state index in [0.717, 1.165) is 6.42 Å². The van der Waals surface area contributed by atoms with Crippen molar-refractivity contribution in [3.8, 4) is 11.5 Å². The van der Waals surface area contributed by atoms with E-state index < -0.39 is 6.10 Å². The van der Waals surface area contributed by atoms with Gasteiger partial charge < -0.3 is 14.8 Å². The molecule has 0 aliphatic heterocycles. The Bertz CT molecular complexity index is 613. The average molecular weight is 313 g/mol. The molecule has 1 amide bonds. The summed E-state index contributed by atoms with van der Waals surface area (Å²) in [5.41, 5.74) is 1.20. The molecule has 122 valence electrons. The topological polar surface area (TPSA) is 47.6 Å². The normalized spacial score (nSPS) is 11.6. The summed E-state index contributed by atoms with van der Waals surface area (Å²) in [5.74, 6) is 1.11. The lowest BCUT2D eigenvalue weighted by atomic mass is 10.1. The monoisotopic (exact) mass is 313 g/mol. The van der Waals surface area contributed by atoms with E-state index in [4.69, 9.17) is 9.47 Å². The first-order valence-corrected chi connectivity index (χ1v) is 7.86. The maximum atomic E-state index is 12.3. The smallest absolute Gasteiger partial charge is 0.261 e. The molecule has 0 saturated heterocycles. The van der Waals surface area contributed by atoms with Crippen molar-refractivity contribution in [2.75, 3.05) is 13.7 Å². The summed E-state index contributed by atoms with van der Waals surface area (Å²) in [6.07, 6.45) is 0.870. The third-order valence-electron chi connectivity index (χ3n) is 3.56. The van der Waals surface area contributed by atoms with E-state index in [1.807, 2.05) is 43.3 Å². The zero-order valence-corrected chi connectivity index (χ0v) is 13.6. The molecular formula is C19H23NO3. The first-order chi connectivity index (χ1) is 11.2. The van der Waals surface area contributed by atoms with Crippen LogP contribution in [0.3, 0.4) is 0 Å². The minimum atomic E-state index is -0.526. The molecule has 0 aliphatic carbocycles. The first-order valence-electron chi connectivity index (χ1n) is 7.86. The predicted octanol–water partition coefficient (Wildman–Crippen LogP) is 3.21. The van der Waals surface area contributed by atoms with Gasteiger partial charge in [-0.15, -0.1) is 0 Å². The Morgan fingerprint density at radius 2 is 1.70 bits per heavy atom. The van der Waals surface area contributed by atoms with E-state index in [2.05, 4.69) is 17.4 Å². The molecule has 1 atom stereocenters. The molecule has 4 heteroatoms. The summed E-state index contributed by atoms with van der Waals surface area (Å²) < 4.78 is 11.1. The molecule has 0 heterocycles. The molecule has 0 spiro atoms. The molecule has 2 rings (SSSR count). The molecule has 0 aromatic heterocycles. The Labute approximate surface area is 137 Å². The van der Waals surface area contributed by atoms with Gasteiger partial charge in [-0.25, -0.2) is 0 Å².